The summed E-state index contributed by atoms with van der Waals surface area (Å²) in [4.78, 5) is 11.2. The lowest BCUT2D eigenvalue weighted by Gasteiger charge is -2.29. The number of hydrogen-bond acceptors (Lipinski definition) is 4. The van der Waals surface area contributed by atoms with E-state index in [4.69, 9.17) is 0 Å². The van der Waals surface area contributed by atoms with Crippen molar-refractivity contribution in [2.24, 2.45) is 0 Å². The molecule has 0 fully saturated rings. The minimum Gasteiger partial charge on any atom is -0.352 e. The quantitative estimate of drug-likeness (QED) is 0.773. The van der Waals surface area contributed by atoms with Crippen molar-refractivity contribution in [2.45, 2.75) is 26.8 Å². The Kier molecular flexibility index (Phi) is 4.10. The number of anilines is 3. The Bertz CT molecular complexity index is 904. The van der Waals surface area contributed by atoms with E-state index in [1.807, 2.05) is 6.07 Å². The maximum atomic E-state index is 4.49. The van der Waals surface area contributed by atoms with Crippen LogP contribution < -0.4 is 10.2 Å². The predicted molar refractivity (Wildman–Crippen MR) is 102 cm³/mol. The Morgan fingerprint density at radius 2 is 1.80 bits per heavy atom. The fourth-order valence-electron chi connectivity index (χ4n) is 3.29. The zero-order valence-corrected chi connectivity index (χ0v) is 14.7. The van der Waals surface area contributed by atoms with Crippen LogP contribution in [-0.2, 0) is 13.0 Å². The van der Waals surface area contributed by atoms with Crippen LogP contribution >= 0.6 is 0 Å². The number of nitrogens with zero attached hydrogens (tertiary/aromatic N) is 3. The summed E-state index contributed by atoms with van der Waals surface area (Å²) in [6.07, 6.45) is 2.70. The maximum absolute atomic E-state index is 4.49. The summed E-state index contributed by atoms with van der Waals surface area (Å²) in [7, 11) is 0. The van der Waals surface area contributed by atoms with Crippen LogP contribution in [0, 0.1) is 13.8 Å². The van der Waals surface area contributed by atoms with Gasteiger partial charge >= 0.3 is 0 Å². The first kappa shape index (κ1) is 15.6. The first-order valence-electron chi connectivity index (χ1n) is 8.67. The Labute approximate surface area is 148 Å². The number of fused-ring (bicyclic) bond motifs is 1. The molecule has 1 aliphatic heterocycles. The highest BCUT2D eigenvalue weighted by Gasteiger charge is 2.17. The first-order valence-corrected chi connectivity index (χ1v) is 8.67. The zero-order valence-electron chi connectivity index (χ0n) is 14.7. The molecule has 4 heteroatoms. The summed E-state index contributed by atoms with van der Waals surface area (Å²) in [5.41, 5.74) is 6.36. The van der Waals surface area contributed by atoms with Gasteiger partial charge in [0.25, 0.3) is 0 Å². The van der Waals surface area contributed by atoms with Gasteiger partial charge < -0.3 is 10.2 Å². The molecule has 0 saturated heterocycles. The summed E-state index contributed by atoms with van der Waals surface area (Å²) < 4.78 is 0. The minimum atomic E-state index is 0.831. The van der Waals surface area contributed by atoms with Crippen LogP contribution in [-0.4, -0.2) is 16.5 Å². The molecule has 0 saturated carbocycles. The van der Waals surface area contributed by atoms with Crippen LogP contribution in [0.3, 0.4) is 0 Å². The lowest BCUT2D eigenvalue weighted by atomic mass is 10.00. The SMILES string of the molecule is Cc1ccc(C)c(Nc2cc(N3CCc4ccccc4C3)ncn2)c1. The van der Waals surface area contributed by atoms with Gasteiger partial charge in [0.1, 0.15) is 18.0 Å². The average Bonchev–Trinajstić information content (AvgIpc) is 2.64. The maximum Gasteiger partial charge on any atom is 0.135 e. The normalized spacial score (nSPS) is 13.4. The summed E-state index contributed by atoms with van der Waals surface area (Å²) in [6, 6.07) is 17.1. The summed E-state index contributed by atoms with van der Waals surface area (Å²) in [5.74, 6) is 1.80. The highest BCUT2D eigenvalue weighted by molar-refractivity contribution is 5.63. The van der Waals surface area contributed by atoms with Gasteiger partial charge in [0.05, 0.1) is 0 Å². The third kappa shape index (κ3) is 3.33. The molecule has 4 rings (SSSR count). The van der Waals surface area contributed by atoms with Crippen molar-refractivity contribution in [1.82, 2.24) is 9.97 Å². The van der Waals surface area contributed by atoms with E-state index in [0.29, 0.717) is 0 Å². The van der Waals surface area contributed by atoms with Gasteiger partial charge in [-0.2, -0.15) is 0 Å². The van der Waals surface area contributed by atoms with E-state index in [9.17, 15) is 0 Å². The number of nitrogens with one attached hydrogen (secondary N) is 1. The molecule has 1 aromatic heterocycles. The van der Waals surface area contributed by atoms with Gasteiger partial charge in [0.2, 0.25) is 0 Å². The number of aryl methyl sites for hydroxylation is 2. The van der Waals surface area contributed by atoms with E-state index in [1.54, 1.807) is 6.33 Å². The van der Waals surface area contributed by atoms with E-state index in [2.05, 4.69) is 76.5 Å². The van der Waals surface area contributed by atoms with E-state index in [-0.39, 0.29) is 0 Å². The van der Waals surface area contributed by atoms with Crippen LogP contribution in [0.2, 0.25) is 0 Å². The van der Waals surface area contributed by atoms with Crippen molar-refractivity contribution in [3.8, 4) is 0 Å². The molecule has 0 bridgehead atoms. The van der Waals surface area contributed by atoms with Gasteiger partial charge in [0.15, 0.2) is 0 Å². The second-order valence-corrected chi connectivity index (χ2v) is 6.65. The predicted octanol–water partition coefficient (Wildman–Crippen LogP) is 4.40. The monoisotopic (exact) mass is 330 g/mol. The molecular formula is C21H22N4. The standard InChI is InChI=1S/C21H22N4/c1-15-7-8-16(2)19(11-15)24-20-12-21(23-14-22-20)25-10-9-17-5-3-4-6-18(17)13-25/h3-8,11-12,14H,9-10,13H2,1-2H3,(H,22,23,24). The summed E-state index contributed by atoms with van der Waals surface area (Å²) in [6.45, 7) is 6.08. The van der Waals surface area contributed by atoms with E-state index < -0.39 is 0 Å². The second kappa shape index (κ2) is 6.55. The second-order valence-electron chi connectivity index (χ2n) is 6.65. The number of rotatable bonds is 3. The Hall–Kier alpha value is -2.88. The Morgan fingerprint density at radius 3 is 2.68 bits per heavy atom. The van der Waals surface area contributed by atoms with Gasteiger partial charge in [0, 0.05) is 24.8 Å². The van der Waals surface area contributed by atoms with Crippen molar-refractivity contribution < 1.29 is 0 Å². The van der Waals surface area contributed by atoms with Crippen molar-refractivity contribution in [2.75, 3.05) is 16.8 Å². The Balaban J connectivity index is 1.57. The van der Waals surface area contributed by atoms with Crippen LogP contribution in [0.25, 0.3) is 0 Å². The Morgan fingerprint density at radius 1 is 0.960 bits per heavy atom. The molecule has 2 heterocycles. The first-order chi connectivity index (χ1) is 12.2. The lowest BCUT2D eigenvalue weighted by Crippen LogP contribution is -2.31. The molecule has 0 radical (unpaired) electrons. The van der Waals surface area contributed by atoms with E-state index in [0.717, 1.165) is 36.8 Å². The molecule has 1 N–H and O–H groups in total. The zero-order chi connectivity index (χ0) is 17.2. The fourth-order valence-corrected chi connectivity index (χ4v) is 3.29. The third-order valence-corrected chi connectivity index (χ3v) is 4.76. The van der Waals surface area contributed by atoms with Crippen molar-refractivity contribution >= 4 is 17.3 Å². The average molecular weight is 330 g/mol. The number of benzene rings is 2. The fraction of sp³-hybridized carbons (Fsp3) is 0.238. The number of aromatic nitrogens is 2. The smallest absolute Gasteiger partial charge is 0.135 e. The topological polar surface area (TPSA) is 41.0 Å². The molecular weight excluding hydrogens is 308 g/mol. The molecule has 0 atom stereocenters. The molecule has 1 aliphatic rings. The molecule has 4 nitrogen and oxygen atoms in total. The molecule has 2 aromatic carbocycles. The van der Waals surface area contributed by atoms with Crippen molar-refractivity contribution in [3.05, 3.63) is 77.1 Å². The summed E-state index contributed by atoms with van der Waals surface area (Å²) in [5, 5.41) is 3.43. The van der Waals surface area contributed by atoms with Crippen LogP contribution in [0.4, 0.5) is 17.3 Å². The summed E-state index contributed by atoms with van der Waals surface area (Å²) >= 11 is 0. The third-order valence-electron chi connectivity index (χ3n) is 4.76. The van der Waals surface area contributed by atoms with E-state index in [1.165, 1.54) is 22.3 Å². The molecule has 0 unspecified atom stereocenters. The highest BCUT2D eigenvalue weighted by Crippen LogP contribution is 2.26. The van der Waals surface area contributed by atoms with E-state index >= 15 is 0 Å². The molecule has 126 valence electrons. The molecule has 0 spiro atoms. The van der Waals surface area contributed by atoms with Crippen LogP contribution in [0.5, 0.6) is 0 Å². The van der Waals surface area contributed by atoms with Gasteiger partial charge in [-0.15, -0.1) is 0 Å². The van der Waals surface area contributed by atoms with Gasteiger partial charge in [-0.3, -0.25) is 0 Å². The highest BCUT2D eigenvalue weighted by atomic mass is 15.2. The van der Waals surface area contributed by atoms with Crippen molar-refractivity contribution in [1.29, 1.82) is 0 Å². The van der Waals surface area contributed by atoms with Gasteiger partial charge in [-0.25, -0.2) is 9.97 Å². The molecule has 25 heavy (non-hydrogen) atoms. The molecule has 3 aromatic rings. The molecule has 0 amide bonds. The van der Waals surface area contributed by atoms with Crippen molar-refractivity contribution in [3.63, 3.8) is 0 Å². The largest absolute Gasteiger partial charge is 0.352 e. The molecule has 0 aliphatic carbocycles. The van der Waals surface area contributed by atoms with Gasteiger partial charge in [-0.1, -0.05) is 36.4 Å². The number of hydrogen-bond donors (Lipinski definition) is 1. The minimum absolute atomic E-state index is 0.831. The lowest BCUT2D eigenvalue weighted by molar-refractivity contribution is 0.719. The van der Waals surface area contributed by atoms with Crippen LogP contribution in [0.15, 0.2) is 54.9 Å². The van der Waals surface area contributed by atoms with Crippen LogP contribution in [0.1, 0.15) is 22.3 Å². The van der Waals surface area contributed by atoms with Gasteiger partial charge in [-0.05, 0) is 48.6 Å².